The summed E-state index contributed by atoms with van der Waals surface area (Å²) in [5, 5.41) is 2.86. The van der Waals surface area contributed by atoms with Crippen LogP contribution in [0.15, 0.2) is 36.9 Å². The molecule has 1 aromatic rings. The Hall–Kier alpha value is -3.23. The van der Waals surface area contributed by atoms with Crippen molar-refractivity contribution in [3.63, 3.8) is 0 Å². The van der Waals surface area contributed by atoms with E-state index in [2.05, 4.69) is 11.9 Å². The molecule has 0 spiro atoms. The molecule has 0 saturated carbocycles. The summed E-state index contributed by atoms with van der Waals surface area (Å²) >= 11 is 0. The van der Waals surface area contributed by atoms with Crippen LogP contribution in [0.5, 0.6) is 0 Å². The number of hydrogen-bond donors (Lipinski definition) is 1. The second kappa shape index (κ2) is 8.75. The summed E-state index contributed by atoms with van der Waals surface area (Å²) < 4.78 is 17.9. The number of benzene rings is 1. The van der Waals surface area contributed by atoms with Gasteiger partial charge in [0.15, 0.2) is 0 Å². The Labute approximate surface area is 148 Å². The molecule has 0 bridgehead atoms. The quantitative estimate of drug-likeness (QED) is 0.584. The van der Waals surface area contributed by atoms with Crippen molar-refractivity contribution in [3.05, 3.63) is 48.3 Å². The maximum atomic E-state index is 13.1. The molecule has 26 heavy (non-hydrogen) atoms. The van der Waals surface area contributed by atoms with Gasteiger partial charge in [-0.2, -0.15) is 0 Å². The molecule has 1 N–H and O–H groups in total. The zero-order valence-electron chi connectivity index (χ0n) is 13.8. The third-order valence-electron chi connectivity index (χ3n) is 3.47. The van der Waals surface area contributed by atoms with Gasteiger partial charge in [-0.3, -0.25) is 9.59 Å². The van der Waals surface area contributed by atoms with Crippen LogP contribution in [-0.4, -0.2) is 35.5 Å². The summed E-state index contributed by atoms with van der Waals surface area (Å²) in [6.07, 6.45) is 0.0941. The average molecular weight is 364 g/mol. The van der Waals surface area contributed by atoms with Gasteiger partial charge in [-0.25, -0.2) is 14.0 Å². The normalized spacial score (nSPS) is 14.7. The first-order valence-electron chi connectivity index (χ1n) is 7.77. The van der Waals surface area contributed by atoms with E-state index in [0.717, 1.165) is 12.1 Å². The number of nitrogens with zero attached hydrogens (tertiary/aromatic N) is 1. The molecular formula is C17H17FN2O6. The van der Waals surface area contributed by atoms with Gasteiger partial charge in [-0.05, 0) is 17.7 Å². The fourth-order valence-electron chi connectivity index (χ4n) is 2.23. The van der Waals surface area contributed by atoms with Crippen LogP contribution in [0.3, 0.4) is 0 Å². The Morgan fingerprint density at radius 2 is 1.85 bits per heavy atom. The minimum atomic E-state index is -0.910. The van der Waals surface area contributed by atoms with Crippen LogP contribution in [0, 0.1) is 5.82 Å². The van der Waals surface area contributed by atoms with Gasteiger partial charge in [0.2, 0.25) is 0 Å². The molecule has 1 aliphatic rings. The molecule has 0 aromatic heterocycles. The maximum Gasteiger partial charge on any atom is 0.407 e. The molecule has 1 fully saturated rings. The molecule has 1 saturated heterocycles. The van der Waals surface area contributed by atoms with Gasteiger partial charge in [0.05, 0.1) is 12.5 Å². The SMILES string of the molecule is C=CCOC(=O)NC(CC(=O)ON1C(=O)CCC1=O)c1ccc(F)cc1. The van der Waals surface area contributed by atoms with Crippen LogP contribution in [0.25, 0.3) is 0 Å². The summed E-state index contributed by atoms with van der Waals surface area (Å²) in [6, 6.07) is 4.18. The lowest BCUT2D eigenvalue weighted by molar-refractivity contribution is -0.197. The lowest BCUT2D eigenvalue weighted by Gasteiger charge is -2.19. The van der Waals surface area contributed by atoms with E-state index in [1.165, 1.54) is 18.2 Å². The van der Waals surface area contributed by atoms with E-state index in [1.54, 1.807) is 0 Å². The van der Waals surface area contributed by atoms with Crippen molar-refractivity contribution in [3.8, 4) is 0 Å². The topological polar surface area (TPSA) is 102 Å². The van der Waals surface area contributed by atoms with Crippen molar-refractivity contribution in [2.24, 2.45) is 0 Å². The number of hydrogen-bond acceptors (Lipinski definition) is 6. The Morgan fingerprint density at radius 3 is 2.42 bits per heavy atom. The number of ether oxygens (including phenoxy) is 1. The lowest BCUT2D eigenvalue weighted by Crippen LogP contribution is -2.35. The van der Waals surface area contributed by atoms with Gasteiger partial charge in [0.25, 0.3) is 11.8 Å². The smallest absolute Gasteiger partial charge is 0.407 e. The molecule has 1 heterocycles. The number of carbonyl (C=O) groups excluding carboxylic acids is 4. The van der Waals surface area contributed by atoms with E-state index >= 15 is 0 Å². The molecule has 1 atom stereocenters. The first-order chi connectivity index (χ1) is 12.4. The Bertz CT molecular complexity index is 702. The summed E-state index contributed by atoms with van der Waals surface area (Å²) in [7, 11) is 0. The largest absolute Gasteiger partial charge is 0.445 e. The highest BCUT2D eigenvalue weighted by atomic mass is 19.1. The molecule has 1 aliphatic heterocycles. The fourth-order valence-corrected chi connectivity index (χ4v) is 2.23. The second-order valence-corrected chi connectivity index (χ2v) is 5.38. The fraction of sp³-hybridized carbons (Fsp3) is 0.294. The van der Waals surface area contributed by atoms with Crippen molar-refractivity contribution in [1.82, 2.24) is 10.4 Å². The number of carbonyl (C=O) groups is 4. The zero-order valence-corrected chi connectivity index (χ0v) is 13.8. The standard InChI is InChI=1S/C17H17FN2O6/c1-2-9-25-17(24)19-13(11-3-5-12(18)6-4-11)10-16(23)26-20-14(21)7-8-15(20)22/h2-6,13H,1,7-10H2,(H,19,24). The third-order valence-corrected chi connectivity index (χ3v) is 3.47. The number of imide groups is 1. The predicted octanol–water partition coefficient (Wildman–Crippen LogP) is 1.78. The van der Waals surface area contributed by atoms with Gasteiger partial charge < -0.3 is 14.9 Å². The number of nitrogens with one attached hydrogen (secondary N) is 1. The van der Waals surface area contributed by atoms with Crippen molar-refractivity contribution in [1.29, 1.82) is 0 Å². The molecule has 0 aliphatic carbocycles. The predicted molar refractivity (Wildman–Crippen MR) is 85.6 cm³/mol. The van der Waals surface area contributed by atoms with Crippen LogP contribution in [-0.2, 0) is 24.0 Å². The molecular weight excluding hydrogens is 347 g/mol. The van der Waals surface area contributed by atoms with Crippen molar-refractivity contribution >= 4 is 23.9 Å². The van der Waals surface area contributed by atoms with E-state index in [-0.39, 0.29) is 19.4 Å². The number of rotatable bonds is 7. The van der Waals surface area contributed by atoms with E-state index < -0.39 is 42.2 Å². The van der Waals surface area contributed by atoms with Gasteiger partial charge in [-0.1, -0.05) is 24.8 Å². The third kappa shape index (κ3) is 5.13. The maximum absolute atomic E-state index is 13.1. The zero-order chi connectivity index (χ0) is 19.1. The highest BCUT2D eigenvalue weighted by molar-refractivity contribution is 6.01. The van der Waals surface area contributed by atoms with Crippen LogP contribution in [0.4, 0.5) is 9.18 Å². The molecule has 138 valence electrons. The number of halogens is 1. The van der Waals surface area contributed by atoms with Gasteiger partial charge in [0, 0.05) is 12.8 Å². The molecule has 3 amide bonds. The van der Waals surface area contributed by atoms with Gasteiger partial charge in [-0.15, -0.1) is 5.06 Å². The second-order valence-electron chi connectivity index (χ2n) is 5.38. The molecule has 2 rings (SSSR count). The monoisotopic (exact) mass is 364 g/mol. The number of hydroxylamine groups is 2. The summed E-state index contributed by atoms with van der Waals surface area (Å²) in [4.78, 5) is 51.6. The van der Waals surface area contributed by atoms with Crippen molar-refractivity contribution in [2.75, 3.05) is 6.61 Å². The molecule has 1 aromatic carbocycles. The molecule has 8 nitrogen and oxygen atoms in total. The van der Waals surface area contributed by atoms with Crippen molar-refractivity contribution < 1.29 is 33.1 Å². The van der Waals surface area contributed by atoms with Crippen molar-refractivity contribution in [2.45, 2.75) is 25.3 Å². The molecule has 1 unspecified atom stereocenters. The Balaban J connectivity index is 2.07. The van der Waals surface area contributed by atoms with Crippen LogP contribution in [0.1, 0.15) is 30.9 Å². The van der Waals surface area contributed by atoms with E-state index in [9.17, 15) is 23.6 Å². The van der Waals surface area contributed by atoms with Gasteiger partial charge in [0.1, 0.15) is 12.4 Å². The number of amides is 3. The first kappa shape index (κ1) is 19.1. The Kier molecular flexibility index (Phi) is 6.42. The summed E-state index contributed by atoms with van der Waals surface area (Å²) in [5.41, 5.74) is 0.415. The van der Waals surface area contributed by atoms with E-state index in [0.29, 0.717) is 10.6 Å². The highest BCUT2D eigenvalue weighted by Crippen LogP contribution is 2.20. The molecule has 0 radical (unpaired) electrons. The van der Waals surface area contributed by atoms with Crippen LogP contribution < -0.4 is 5.32 Å². The number of alkyl carbamates (subject to hydrolysis) is 1. The summed E-state index contributed by atoms with van der Waals surface area (Å²) in [5.74, 6) is -2.62. The minimum Gasteiger partial charge on any atom is -0.445 e. The highest BCUT2D eigenvalue weighted by Gasteiger charge is 2.33. The first-order valence-corrected chi connectivity index (χ1v) is 7.77. The minimum absolute atomic E-state index is 0.0281. The van der Waals surface area contributed by atoms with Crippen LogP contribution >= 0.6 is 0 Å². The lowest BCUT2D eigenvalue weighted by atomic mass is 10.0. The summed E-state index contributed by atoms with van der Waals surface area (Å²) in [6.45, 7) is 3.37. The average Bonchev–Trinajstić information content (AvgIpc) is 2.92. The molecule has 9 heteroatoms. The van der Waals surface area contributed by atoms with Crippen LogP contribution in [0.2, 0.25) is 0 Å². The Morgan fingerprint density at radius 1 is 1.23 bits per heavy atom. The van der Waals surface area contributed by atoms with E-state index in [4.69, 9.17) is 9.57 Å². The van der Waals surface area contributed by atoms with E-state index in [1.807, 2.05) is 0 Å². The van der Waals surface area contributed by atoms with Gasteiger partial charge >= 0.3 is 12.1 Å².